The molecule has 0 aromatic rings. The standard InChI is InChI=1S/C4H12Si2/c1-5-3-6(2)4-5/h5-6H,3-4H2,1-2H3. The van der Waals surface area contributed by atoms with Crippen molar-refractivity contribution in [2.24, 2.45) is 0 Å². The van der Waals surface area contributed by atoms with Gasteiger partial charge in [0.05, 0.1) is 0 Å². The Morgan fingerprint density at radius 2 is 1.33 bits per heavy atom. The first-order chi connectivity index (χ1) is 2.79. The largest absolute Gasteiger partial charge is 0.0724 e. The van der Waals surface area contributed by atoms with Gasteiger partial charge in [-0.05, 0) is 0 Å². The lowest BCUT2D eigenvalue weighted by Crippen LogP contribution is -2.34. The molecule has 0 aromatic heterocycles. The molecule has 0 atom stereocenters. The fourth-order valence-electron chi connectivity index (χ4n) is 1.30. The lowest BCUT2D eigenvalue weighted by Gasteiger charge is -2.26. The summed E-state index contributed by atoms with van der Waals surface area (Å²) in [5.74, 6) is 0. The Balaban J connectivity index is 2.11. The van der Waals surface area contributed by atoms with Gasteiger partial charge in [-0.1, -0.05) is 24.4 Å². The van der Waals surface area contributed by atoms with Crippen LogP contribution >= 0.6 is 0 Å². The highest BCUT2D eigenvalue weighted by atomic mass is 28.4. The Hall–Kier alpha value is 0.434. The second-order valence-electron chi connectivity index (χ2n) is 2.68. The van der Waals surface area contributed by atoms with Gasteiger partial charge in [0.1, 0.15) is 0 Å². The monoisotopic (exact) mass is 116 g/mol. The van der Waals surface area contributed by atoms with Crippen LogP contribution in [-0.2, 0) is 0 Å². The van der Waals surface area contributed by atoms with Crippen molar-refractivity contribution in [3.8, 4) is 0 Å². The van der Waals surface area contributed by atoms with Gasteiger partial charge < -0.3 is 0 Å². The minimum absolute atomic E-state index is 0.0347. The van der Waals surface area contributed by atoms with Crippen LogP contribution in [0.2, 0.25) is 24.4 Å². The van der Waals surface area contributed by atoms with Crippen LogP contribution in [0.1, 0.15) is 0 Å². The summed E-state index contributed by atoms with van der Waals surface area (Å²) in [6.45, 7) is 4.99. The summed E-state index contributed by atoms with van der Waals surface area (Å²) in [5.41, 5.74) is 3.50. The van der Waals surface area contributed by atoms with Crippen molar-refractivity contribution in [2.75, 3.05) is 0 Å². The molecule has 1 saturated heterocycles. The molecule has 0 amide bonds. The zero-order valence-electron chi connectivity index (χ0n) is 4.57. The number of rotatable bonds is 0. The molecule has 0 aromatic carbocycles. The Morgan fingerprint density at radius 3 is 1.33 bits per heavy atom. The summed E-state index contributed by atoms with van der Waals surface area (Å²) >= 11 is 0. The first kappa shape index (κ1) is 4.59. The lowest BCUT2D eigenvalue weighted by molar-refractivity contribution is 1.52. The highest BCUT2D eigenvalue weighted by Crippen LogP contribution is 2.18. The predicted molar refractivity (Wildman–Crippen MR) is 35.6 cm³/mol. The molecule has 2 heteroatoms. The van der Waals surface area contributed by atoms with E-state index >= 15 is 0 Å². The Bertz CT molecular complexity index is 41.5. The van der Waals surface area contributed by atoms with E-state index in [1.165, 1.54) is 0 Å². The molecular formula is C4H12Si2. The number of hydrogen-bond donors (Lipinski definition) is 0. The molecule has 1 fully saturated rings. The molecule has 0 radical (unpaired) electrons. The van der Waals surface area contributed by atoms with Crippen LogP contribution in [-0.4, -0.2) is 17.6 Å². The maximum Gasteiger partial charge on any atom is 0.0278 e. The SMILES string of the molecule is C[SiH]1C[SiH](C)C1. The smallest absolute Gasteiger partial charge is 0.0278 e. The average molecular weight is 116 g/mol. The zero-order valence-corrected chi connectivity index (χ0v) is 6.88. The minimum Gasteiger partial charge on any atom is -0.0724 e. The molecule has 0 nitrogen and oxygen atoms in total. The second-order valence-corrected chi connectivity index (χ2v) is 10.9. The van der Waals surface area contributed by atoms with Crippen molar-refractivity contribution >= 4 is 17.6 Å². The Morgan fingerprint density at radius 1 is 1.00 bits per heavy atom. The van der Waals surface area contributed by atoms with E-state index < -0.39 is 0 Å². The minimum atomic E-state index is 0.0347. The molecule has 1 heterocycles. The summed E-state index contributed by atoms with van der Waals surface area (Å²) in [7, 11) is 0.0694. The van der Waals surface area contributed by atoms with Crippen LogP contribution in [0.25, 0.3) is 0 Å². The molecule has 36 valence electrons. The van der Waals surface area contributed by atoms with Crippen molar-refractivity contribution in [3.63, 3.8) is 0 Å². The molecule has 1 rings (SSSR count). The molecule has 0 aliphatic carbocycles. The van der Waals surface area contributed by atoms with Gasteiger partial charge in [-0.15, -0.1) is 0 Å². The van der Waals surface area contributed by atoms with Crippen LogP contribution in [0.4, 0.5) is 0 Å². The van der Waals surface area contributed by atoms with E-state index in [0.29, 0.717) is 0 Å². The fourth-order valence-corrected chi connectivity index (χ4v) is 11.7. The molecule has 1 aliphatic heterocycles. The van der Waals surface area contributed by atoms with Gasteiger partial charge >= 0.3 is 0 Å². The predicted octanol–water partition coefficient (Wildman–Crippen LogP) is 0.792. The summed E-state index contributed by atoms with van der Waals surface area (Å²) in [5, 5.41) is 0. The molecule has 0 saturated carbocycles. The van der Waals surface area contributed by atoms with Crippen molar-refractivity contribution in [3.05, 3.63) is 0 Å². The van der Waals surface area contributed by atoms with Gasteiger partial charge in [-0.25, -0.2) is 0 Å². The highest BCUT2D eigenvalue weighted by Gasteiger charge is 2.22. The Kier molecular flexibility index (Phi) is 1.15. The van der Waals surface area contributed by atoms with E-state index in [0.717, 1.165) is 0 Å². The Labute approximate surface area is 42.8 Å². The molecule has 0 bridgehead atoms. The van der Waals surface area contributed by atoms with E-state index in [2.05, 4.69) is 13.1 Å². The van der Waals surface area contributed by atoms with E-state index in [1.807, 2.05) is 0 Å². The molecule has 0 spiro atoms. The van der Waals surface area contributed by atoms with Crippen molar-refractivity contribution < 1.29 is 0 Å². The highest BCUT2D eigenvalue weighted by molar-refractivity contribution is 6.93. The summed E-state index contributed by atoms with van der Waals surface area (Å²) in [4.78, 5) is 0. The van der Waals surface area contributed by atoms with Crippen molar-refractivity contribution in [1.29, 1.82) is 0 Å². The van der Waals surface area contributed by atoms with Gasteiger partial charge in [0, 0.05) is 17.6 Å². The summed E-state index contributed by atoms with van der Waals surface area (Å²) in [6, 6.07) is 0. The average Bonchev–Trinajstić information content (AvgIpc) is 1.33. The van der Waals surface area contributed by atoms with Gasteiger partial charge in [-0.2, -0.15) is 0 Å². The van der Waals surface area contributed by atoms with Crippen LogP contribution in [0.3, 0.4) is 0 Å². The first-order valence-corrected chi connectivity index (χ1v) is 8.36. The van der Waals surface area contributed by atoms with Crippen LogP contribution in [0.15, 0.2) is 0 Å². The molecule has 0 unspecified atom stereocenters. The quantitative estimate of drug-likeness (QED) is 0.411. The maximum absolute atomic E-state index is 2.49. The van der Waals surface area contributed by atoms with Crippen LogP contribution in [0, 0.1) is 0 Å². The number of hydrogen-bond acceptors (Lipinski definition) is 0. The van der Waals surface area contributed by atoms with Crippen LogP contribution in [0.5, 0.6) is 0 Å². The topological polar surface area (TPSA) is 0 Å². The van der Waals surface area contributed by atoms with E-state index in [-0.39, 0.29) is 17.6 Å². The first-order valence-electron chi connectivity index (χ1n) is 2.79. The van der Waals surface area contributed by atoms with Gasteiger partial charge in [0.15, 0.2) is 0 Å². The molecule has 6 heavy (non-hydrogen) atoms. The van der Waals surface area contributed by atoms with E-state index in [9.17, 15) is 0 Å². The summed E-state index contributed by atoms with van der Waals surface area (Å²) in [6.07, 6.45) is 0. The summed E-state index contributed by atoms with van der Waals surface area (Å²) < 4.78 is 0. The normalized spacial score (nSPS) is 45.0. The molecular weight excluding hydrogens is 104 g/mol. The van der Waals surface area contributed by atoms with Crippen LogP contribution < -0.4 is 0 Å². The van der Waals surface area contributed by atoms with Crippen molar-refractivity contribution in [1.82, 2.24) is 0 Å². The molecule has 1 aliphatic rings. The fraction of sp³-hybridized carbons (Fsp3) is 1.00. The van der Waals surface area contributed by atoms with Gasteiger partial charge in [-0.3, -0.25) is 0 Å². The van der Waals surface area contributed by atoms with Crippen molar-refractivity contribution in [2.45, 2.75) is 24.4 Å². The zero-order chi connectivity index (χ0) is 4.57. The lowest BCUT2D eigenvalue weighted by atomic mass is 11.7. The third kappa shape index (κ3) is 0.735. The van der Waals surface area contributed by atoms with Gasteiger partial charge in [0.25, 0.3) is 0 Å². The third-order valence-corrected chi connectivity index (χ3v) is 14.5. The maximum atomic E-state index is 2.49. The second kappa shape index (κ2) is 1.50. The third-order valence-electron chi connectivity index (χ3n) is 1.61. The van der Waals surface area contributed by atoms with Gasteiger partial charge in [0.2, 0.25) is 0 Å². The van der Waals surface area contributed by atoms with E-state index in [1.54, 1.807) is 11.3 Å². The van der Waals surface area contributed by atoms with E-state index in [4.69, 9.17) is 0 Å². The molecule has 0 N–H and O–H groups in total.